The predicted octanol–water partition coefficient (Wildman–Crippen LogP) is 5.76. The molecule has 6 rings (SSSR count). The predicted molar refractivity (Wildman–Crippen MR) is 140 cm³/mol. The third-order valence-corrected chi connectivity index (χ3v) is 15.7. The molecule has 2 aromatic heterocycles. The van der Waals surface area contributed by atoms with E-state index in [0.29, 0.717) is 5.75 Å². The summed E-state index contributed by atoms with van der Waals surface area (Å²) in [5.41, 5.74) is 4.66. The van der Waals surface area contributed by atoms with Gasteiger partial charge in [0.1, 0.15) is 0 Å². The number of rotatable bonds is 4. The molecule has 37 heavy (non-hydrogen) atoms. The van der Waals surface area contributed by atoms with Crippen LogP contribution in [0.3, 0.4) is 0 Å². The van der Waals surface area contributed by atoms with E-state index in [-0.39, 0.29) is 0 Å². The van der Waals surface area contributed by atoms with Crippen LogP contribution >= 0.6 is 0 Å². The first-order valence-electron chi connectivity index (χ1n) is 11.7. The zero-order valence-corrected chi connectivity index (χ0v) is 23.2. The Hall–Kier alpha value is -3.57. The second-order valence-electron chi connectivity index (χ2n) is 8.76. The Balaban J connectivity index is 1.40. The van der Waals surface area contributed by atoms with E-state index in [9.17, 15) is 13.2 Å². The van der Waals surface area contributed by atoms with Crippen molar-refractivity contribution >= 4 is 31.7 Å². The fourth-order valence-corrected chi connectivity index (χ4v) is 14.9. The zero-order valence-electron chi connectivity index (χ0n) is 19.7. The monoisotopic (exact) mass is 690 g/mol. The normalized spacial score (nSPS) is 12.8. The minimum absolute atomic E-state index is 0.297. The Morgan fingerprint density at radius 2 is 1.51 bits per heavy atom. The van der Waals surface area contributed by atoms with Gasteiger partial charge in [-0.3, -0.25) is 0 Å². The van der Waals surface area contributed by atoms with Gasteiger partial charge in [0.15, 0.2) is 0 Å². The Bertz CT molecular complexity index is 1630. The number of hydrogen-bond acceptors (Lipinski definition) is 3. The van der Waals surface area contributed by atoms with E-state index < -0.39 is 39.4 Å². The number of pyridine rings is 2. The Morgan fingerprint density at radius 3 is 2.35 bits per heavy atom. The van der Waals surface area contributed by atoms with Crippen molar-refractivity contribution in [3.63, 3.8) is 0 Å². The number of aryl methyl sites for hydroxylation is 1. The van der Waals surface area contributed by atoms with Gasteiger partial charge < -0.3 is 0 Å². The Kier molecular flexibility index (Phi) is 6.04. The van der Waals surface area contributed by atoms with Crippen molar-refractivity contribution in [2.75, 3.05) is 0 Å². The topological polar surface area (TPSA) is 35.0 Å². The number of alkyl halides is 3. The Morgan fingerprint density at radius 1 is 0.703 bits per heavy atom. The molecule has 182 valence electrons. The number of fused-ring (bicyclic) bond motifs is 3. The molecule has 5 aromatic rings. The van der Waals surface area contributed by atoms with Gasteiger partial charge >= 0.3 is 221 Å². The summed E-state index contributed by atoms with van der Waals surface area (Å²) in [5.74, 6) is -0.164. The number of benzene rings is 3. The van der Waals surface area contributed by atoms with Gasteiger partial charge in [0.25, 0.3) is 0 Å². The molecule has 0 unspecified atom stereocenters. The number of halogens is 3. The van der Waals surface area contributed by atoms with Gasteiger partial charge in [0, 0.05) is 0 Å². The molecule has 0 saturated heterocycles. The number of hydrogen-bond donors (Lipinski definition) is 0. The zero-order chi connectivity index (χ0) is 25.6. The van der Waals surface area contributed by atoms with E-state index in [1.165, 1.54) is 38.9 Å². The van der Waals surface area contributed by atoms with Crippen molar-refractivity contribution in [2.45, 2.75) is 13.1 Å². The quantitative estimate of drug-likeness (QED) is 0.221. The number of aromatic nitrogens is 2. The molecule has 0 fully saturated rings. The summed E-state index contributed by atoms with van der Waals surface area (Å²) in [6, 6.07) is 28.6. The summed E-state index contributed by atoms with van der Waals surface area (Å²) in [4.78, 5) is 8.61. The standard InChI is InChI=1S/C24H14F3NO.C6H6N.Bi/c25-24(26,27)22-10-5-15-28-23(22)29-21-9-4-8-20(16-21)19-13-11-18(12-14-19)17-6-2-1-3-7-17;1-6-2-4-7-5-3-6;/h1-6,8-11,13-16H;2-4H,1H3;. The molecular weight excluding hydrogens is 670 g/mol. The van der Waals surface area contributed by atoms with Crippen LogP contribution in [0.2, 0.25) is 0 Å². The summed E-state index contributed by atoms with van der Waals surface area (Å²) in [7, 11) is 0. The van der Waals surface area contributed by atoms with Crippen LogP contribution in [-0.4, -0.2) is 31.7 Å². The minimum atomic E-state index is -4.55. The summed E-state index contributed by atoms with van der Waals surface area (Å²) in [6.07, 6.45) is -1.38. The second kappa shape index (κ2) is 9.39. The van der Waals surface area contributed by atoms with Crippen molar-refractivity contribution in [3.8, 4) is 33.9 Å². The molecule has 0 saturated carbocycles. The average Bonchev–Trinajstić information content (AvgIpc) is 3.22. The summed E-state index contributed by atoms with van der Waals surface area (Å²) >= 11 is -2.62. The third kappa shape index (κ3) is 4.53. The maximum atomic E-state index is 13.4. The summed E-state index contributed by atoms with van der Waals surface area (Å²) in [5, 5.41) is 0. The fraction of sp³-hybridized carbons (Fsp3) is 0.0667. The molecule has 0 amide bonds. The maximum absolute atomic E-state index is 13.4. The first kappa shape index (κ1) is 23.8. The molecule has 0 spiro atoms. The van der Waals surface area contributed by atoms with Crippen molar-refractivity contribution < 1.29 is 17.9 Å². The SMILES string of the molecule is Cc1ccn[c]([Bi]2[c]3ccccc3-c3ccc(-c4cccc(Oc5ncccc5C(F)(F)F)c4)c[c]32)c1. The van der Waals surface area contributed by atoms with E-state index in [0.717, 1.165) is 17.2 Å². The molecule has 3 nitrogen and oxygen atoms in total. The van der Waals surface area contributed by atoms with E-state index in [2.05, 4.69) is 60.4 Å². The van der Waals surface area contributed by atoms with Crippen LogP contribution in [0.15, 0.2) is 103 Å². The number of ether oxygens (including phenoxy) is 1. The molecule has 3 aromatic carbocycles. The molecule has 0 radical (unpaired) electrons. The molecule has 0 atom stereocenters. The van der Waals surface area contributed by atoms with Gasteiger partial charge in [-0.1, -0.05) is 0 Å². The van der Waals surface area contributed by atoms with E-state index in [1.54, 1.807) is 18.2 Å². The van der Waals surface area contributed by atoms with E-state index in [4.69, 9.17) is 9.72 Å². The van der Waals surface area contributed by atoms with Gasteiger partial charge in [-0.2, -0.15) is 0 Å². The molecule has 3 heterocycles. The van der Waals surface area contributed by atoms with Crippen molar-refractivity contribution in [1.82, 2.24) is 9.97 Å². The van der Waals surface area contributed by atoms with Crippen molar-refractivity contribution in [2.24, 2.45) is 0 Å². The van der Waals surface area contributed by atoms with Gasteiger partial charge in [-0.15, -0.1) is 0 Å². The number of nitrogens with zero attached hydrogens (tertiary/aromatic N) is 2. The first-order chi connectivity index (χ1) is 17.9. The van der Waals surface area contributed by atoms with Crippen LogP contribution in [0.1, 0.15) is 11.1 Å². The van der Waals surface area contributed by atoms with Crippen LogP contribution in [0.4, 0.5) is 13.2 Å². The fourth-order valence-electron chi connectivity index (χ4n) is 4.58. The van der Waals surface area contributed by atoms with Crippen LogP contribution < -0.4 is 14.7 Å². The molecule has 1 aliphatic heterocycles. The van der Waals surface area contributed by atoms with E-state index in [1.807, 2.05) is 18.3 Å². The Labute approximate surface area is 220 Å². The third-order valence-electron chi connectivity index (χ3n) is 6.26. The molecular formula is C30H20BiF3N2O. The van der Waals surface area contributed by atoms with Crippen LogP contribution in [0.5, 0.6) is 11.6 Å². The summed E-state index contributed by atoms with van der Waals surface area (Å²) < 4.78 is 49.8. The van der Waals surface area contributed by atoms with Crippen molar-refractivity contribution in [3.05, 3.63) is 115 Å². The average molecular weight is 690 g/mol. The first-order valence-corrected chi connectivity index (χ1v) is 16.9. The van der Waals surface area contributed by atoms with Crippen LogP contribution in [-0.2, 0) is 6.18 Å². The van der Waals surface area contributed by atoms with E-state index >= 15 is 0 Å². The van der Waals surface area contributed by atoms with Gasteiger partial charge in [0.2, 0.25) is 0 Å². The second-order valence-corrected chi connectivity index (χ2v) is 16.9. The molecule has 0 bridgehead atoms. The summed E-state index contributed by atoms with van der Waals surface area (Å²) in [6.45, 7) is 2.09. The molecule has 7 heteroatoms. The van der Waals surface area contributed by atoms with Crippen molar-refractivity contribution in [1.29, 1.82) is 0 Å². The van der Waals surface area contributed by atoms with Gasteiger partial charge in [-0.25, -0.2) is 0 Å². The van der Waals surface area contributed by atoms with Gasteiger partial charge in [-0.05, 0) is 0 Å². The van der Waals surface area contributed by atoms with Crippen LogP contribution in [0.25, 0.3) is 22.3 Å². The van der Waals surface area contributed by atoms with Crippen LogP contribution in [0, 0.1) is 6.92 Å². The molecule has 0 N–H and O–H groups in total. The molecule has 0 aliphatic carbocycles. The van der Waals surface area contributed by atoms with Gasteiger partial charge in [0.05, 0.1) is 0 Å². The molecule has 1 aliphatic rings.